The van der Waals surface area contributed by atoms with Crippen molar-refractivity contribution in [1.29, 1.82) is 0 Å². The number of carbonyl (C=O) groups excluding carboxylic acids is 1. The Balaban J connectivity index is 2.21. The van der Waals surface area contributed by atoms with Gasteiger partial charge in [0.15, 0.2) is 9.84 Å². The molecule has 1 aliphatic heterocycles. The van der Waals surface area contributed by atoms with Crippen molar-refractivity contribution in [3.8, 4) is 0 Å². The number of para-hydroxylation sites is 1. The van der Waals surface area contributed by atoms with Gasteiger partial charge in [0.05, 0.1) is 23.4 Å². The maximum Gasteiger partial charge on any atom is 0.243 e. The topological polar surface area (TPSA) is 91.8 Å². The van der Waals surface area contributed by atoms with E-state index in [0.717, 1.165) is 10.6 Å². The fraction of sp³-hybridized carbons (Fsp3) is 0.533. The van der Waals surface area contributed by atoms with Gasteiger partial charge in [-0.2, -0.15) is 0 Å². The van der Waals surface area contributed by atoms with Crippen molar-refractivity contribution >= 4 is 31.5 Å². The van der Waals surface area contributed by atoms with E-state index < -0.39 is 25.8 Å². The highest BCUT2D eigenvalue weighted by molar-refractivity contribution is 7.92. The number of sulfonamides is 1. The zero-order valence-electron chi connectivity index (χ0n) is 13.8. The number of hydrogen-bond acceptors (Lipinski definition) is 5. The van der Waals surface area contributed by atoms with Crippen LogP contribution in [0.15, 0.2) is 30.3 Å². The first-order valence-electron chi connectivity index (χ1n) is 7.66. The number of carbonyl (C=O) groups is 1. The normalized spacial score (nSPS) is 19.8. The monoisotopic (exact) mass is 374 g/mol. The molecule has 1 aromatic rings. The quantitative estimate of drug-likeness (QED) is 0.723. The van der Waals surface area contributed by atoms with Crippen LogP contribution in [-0.2, 0) is 24.7 Å². The van der Waals surface area contributed by atoms with Crippen molar-refractivity contribution in [2.75, 3.05) is 35.2 Å². The summed E-state index contributed by atoms with van der Waals surface area (Å²) in [6.07, 6.45) is 1.44. The minimum atomic E-state index is -3.63. The number of rotatable bonds is 6. The molecule has 0 N–H and O–H groups in total. The zero-order valence-corrected chi connectivity index (χ0v) is 15.4. The number of amides is 1. The molecular weight excluding hydrogens is 352 g/mol. The molecule has 0 spiro atoms. The first kappa shape index (κ1) is 18.7. The van der Waals surface area contributed by atoms with Crippen LogP contribution in [0.3, 0.4) is 0 Å². The molecule has 9 heteroatoms. The van der Waals surface area contributed by atoms with Gasteiger partial charge in [0.2, 0.25) is 15.9 Å². The molecule has 1 atom stereocenters. The van der Waals surface area contributed by atoms with Gasteiger partial charge < -0.3 is 4.90 Å². The van der Waals surface area contributed by atoms with E-state index in [0.29, 0.717) is 18.7 Å². The minimum absolute atomic E-state index is 0.0587. The summed E-state index contributed by atoms with van der Waals surface area (Å²) in [5.74, 6) is -0.388. The van der Waals surface area contributed by atoms with Crippen molar-refractivity contribution in [3.63, 3.8) is 0 Å². The van der Waals surface area contributed by atoms with E-state index in [9.17, 15) is 21.6 Å². The van der Waals surface area contributed by atoms with Crippen LogP contribution in [0.2, 0.25) is 0 Å². The summed E-state index contributed by atoms with van der Waals surface area (Å²) in [6.45, 7) is 1.76. The minimum Gasteiger partial charge on any atom is -0.337 e. The molecule has 0 radical (unpaired) electrons. The van der Waals surface area contributed by atoms with E-state index in [2.05, 4.69) is 0 Å². The molecule has 1 fully saturated rings. The van der Waals surface area contributed by atoms with Gasteiger partial charge in [-0.1, -0.05) is 18.2 Å². The molecule has 1 unspecified atom stereocenters. The largest absolute Gasteiger partial charge is 0.337 e. The second kappa shape index (κ2) is 7.10. The highest BCUT2D eigenvalue weighted by atomic mass is 32.2. The smallest absolute Gasteiger partial charge is 0.243 e. The lowest BCUT2D eigenvalue weighted by Gasteiger charge is -2.30. The Kier molecular flexibility index (Phi) is 5.54. The van der Waals surface area contributed by atoms with E-state index >= 15 is 0 Å². The molecule has 0 aliphatic carbocycles. The summed E-state index contributed by atoms with van der Waals surface area (Å²) in [5, 5.41) is 0. The molecule has 1 amide bonds. The SMILES string of the molecule is CCN(C(=O)CN(c1ccccc1)S(C)(=O)=O)C1CCS(=O)(=O)C1. The number of nitrogens with zero attached hydrogens (tertiary/aromatic N) is 2. The third-order valence-electron chi connectivity index (χ3n) is 4.03. The molecule has 24 heavy (non-hydrogen) atoms. The third kappa shape index (κ3) is 4.47. The average Bonchev–Trinajstić information content (AvgIpc) is 2.85. The van der Waals surface area contributed by atoms with E-state index in [-0.39, 0.29) is 24.1 Å². The summed E-state index contributed by atoms with van der Waals surface area (Å²) < 4.78 is 48.5. The number of hydrogen-bond donors (Lipinski definition) is 0. The van der Waals surface area contributed by atoms with Crippen LogP contribution < -0.4 is 4.31 Å². The highest BCUT2D eigenvalue weighted by Crippen LogP contribution is 2.20. The van der Waals surface area contributed by atoms with Crippen LogP contribution in [0.25, 0.3) is 0 Å². The van der Waals surface area contributed by atoms with Gasteiger partial charge in [0, 0.05) is 12.6 Å². The lowest BCUT2D eigenvalue weighted by molar-refractivity contribution is -0.131. The molecule has 0 saturated carbocycles. The van der Waals surface area contributed by atoms with Crippen LogP contribution in [0.5, 0.6) is 0 Å². The standard InChI is InChI=1S/C15H22N2O5S2/c1-3-16(14-9-10-24(21,22)12-14)15(18)11-17(23(2,19)20)13-7-5-4-6-8-13/h4-8,14H,3,9-12H2,1-2H3. The molecule has 1 saturated heterocycles. The summed E-state index contributed by atoms with van der Waals surface area (Å²) in [4.78, 5) is 14.1. The van der Waals surface area contributed by atoms with Crippen molar-refractivity contribution < 1.29 is 21.6 Å². The lowest BCUT2D eigenvalue weighted by Crippen LogP contribution is -2.47. The number of anilines is 1. The molecule has 2 rings (SSSR count). The van der Waals surface area contributed by atoms with E-state index in [4.69, 9.17) is 0 Å². The van der Waals surface area contributed by atoms with Crippen LogP contribution >= 0.6 is 0 Å². The molecule has 0 aromatic heterocycles. The highest BCUT2D eigenvalue weighted by Gasteiger charge is 2.35. The van der Waals surface area contributed by atoms with Gasteiger partial charge in [0.25, 0.3) is 0 Å². The van der Waals surface area contributed by atoms with Gasteiger partial charge >= 0.3 is 0 Å². The zero-order chi connectivity index (χ0) is 18.0. The molecule has 0 bridgehead atoms. The van der Waals surface area contributed by atoms with E-state index in [1.165, 1.54) is 4.90 Å². The van der Waals surface area contributed by atoms with Crippen LogP contribution in [0, 0.1) is 0 Å². The molecular formula is C15H22N2O5S2. The van der Waals surface area contributed by atoms with Gasteiger partial charge in [-0.25, -0.2) is 16.8 Å². The summed E-state index contributed by atoms with van der Waals surface area (Å²) >= 11 is 0. The van der Waals surface area contributed by atoms with Crippen molar-refractivity contribution in [1.82, 2.24) is 4.90 Å². The average molecular weight is 374 g/mol. The second-order valence-corrected chi connectivity index (χ2v) is 9.98. The lowest BCUT2D eigenvalue weighted by atomic mass is 10.2. The predicted molar refractivity (Wildman–Crippen MR) is 93.1 cm³/mol. The fourth-order valence-corrected chi connectivity index (χ4v) is 5.45. The van der Waals surface area contributed by atoms with Crippen LogP contribution in [0.4, 0.5) is 5.69 Å². The summed E-state index contributed by atoms with van der Waals surface area (Å²) in [7, 11) is -6.75. The van der Waals surface area contributed by atoms with Gasteiger partial charge in [-0.3, -0.25) is 9.10 Å². The maximum absolute atomic E-state index is 12.6. The Morgan fingerprint density at radius 3 is 2.33 bits per heavy atom. The van der Waals surface area contributed by atoms with Crippen molar-refractivity contribution in [3.05, 3.63) is 30.3 Å². The molecule has 1 heterocycles. The third-order valence-corrected chi connectivity index (χ3v) is 6.92. The van der Waals surface area contributed by atoms with Crippen molar-refractivity contribution in [2.45, 2.75) is 19.4 Å². The van der Waals surface area contributed by atoms with Crippen molar-refractivity contribution in [2.24, 2.45) is 0 Å². The molecule has 1 aromatic carbocycles. The van der Waals surface area contributed by atoms with E-state index in [1.54, 1.807) is 37.3 Å². The maximum atomic E-state index is 12.6. The predicted octanol–water partition coefficient (Wildman–Crippen LogP) is 0.488. The Hall–Kier alpha value is -1.61. The van der Waals surface area contributed by atoms with Gasteiger partial charge in [-0.15, -0.1) is 0 Å². The van der Waals surface area contributed by atoms with Crippen LogP contribution in [-0.4, -0.2) is 64.5 Å². The van der Waals surface area contributed by atoms with Gasteiger partial charge in [0.1, 0.15) is 6.54 Å². The molecule has 134 valence electrons. The Bertz CT molecular complexity index is 790. The van der Waals surface area contributed by atoms with E-state index in [1.807, 2.05) is 0 Å². The second-order valence-electron chi connectivity index (χ2n) is 5.84. The molecule has 1 aliphatic rings. The van der Waals surface area contributed by atoms with Gasteiger partial charge in [-0.05, 0) is 25.5 Å². The first-order valence-corrected chi connectivity index (χ1v) is 11.3. The Labute approximate surface area is 143 Å². The summed E-state index contributed by atoms with van der Waals surface area (Å²) in [5.41, 5.74) is 0.406. The Morgan fingerprint density at radius 2 is 1.88 bits per heavy atom. The number of likely N-dealkylation sites (N-methyl/N-ethyl adjacent to an activating group) is 1. The number of sulfone groups is 1. The summed E-state index contributed by atoms with van der Waals surface area (Å²) in [6, 6.07) is 7.99. The van der Waals surface area contributed by atoms with Crippen LogP contribution in [0.1, 0.15) is 13.3 Å². The Morgan fingerprint density at radius 1 is 1.25 bits per heavy atom. The number of benzene rings is 1. The fourth-order valence-electron chi connectivity index (χ4n) is 2.87. The first-order chi connectivity index (χ1) is 11.1. The molecule has 7 nitrogen and oxygen atoms in total.